The van der Waals surface area contributed by atoms with Crippen LogP contribution in [-0.2, 0) is 4.79 Å². The maximum absolute atomic E-state index is 13.1. The van der Waals surface area contributed by atoms with E-state index in [9.17, 15) is 9.59 Å². The minimum atomic E-state index is -0.508. The largest absolute Gasteiger partial charge is 0.324 e. The van der Waals surface area contributed by atoms with Crippen LogP contribution in [0.25, 0.3) is 16.6 Å². The third-order valence-electron chi connectivity index (χ3n) is 4.93. The van der Waals surface area contributed by atoms with Crippen LogP contribution in [0.3, 0.4) is 0 Å². The van der Waals surface area contributed by atoms with Crippen LogP contribution in [0.4, 0.5) is 5.69 Å². The van der Waals surface area contributed by atoms with Crippen molar-refractivity contribution in [3.8, 4) is 0 Å². The summed E-state index contributed by atoms with van der Waals surface area (Å²) >= 11 is 0. The van der Waals surface area contributed by atoms with Crippen molar-refractivity contribution in [2.24, 2.45) is 0 Å². The molecular weight excluding hydrogens is 352 g/mol. The number of carbonyl (C=O) groups is 1. The third-order valence-corrected chi connectivity index (χ3v) is 4.93. The van der Waals surface area contributed by atoms with Gasteiger partial charge >= 0.3 is 0 Å². The van der Waals surface area contributed by atoms with E-state index in [4.69, 9.17) is 0 Å². The number of carbonyl (C=O) groups excluding carboxylic acids is 1. The van der Waals surface area contributed by atoms with Crippen LogP contribution in [0.1, 0.15) is 29.8 Å². The molecule has 0 radical (unpaired) electrons. The van der Waals surface area contributed by atoms with E-state index in [2.05, 4.69) is 16.4 Å². The van der Waals surface area contributed by atoms with Crippen LogP contribution in [-0.4, -0.2) is 20.1 Å². The van der Waals surface area contributed by atoms with Gasteiger partial charge in [0, 0.05) is 22.8 Å². The quantitative estimate of drug-likeness (QED) is 0.593. The molecular formula is C22H22N4O2. The van der Waals surface area contributed by atoms with E-state index in [0.29, 0.717) is 5.65 Å². The molecule has 0 unspecified atom stereocenters. The molecule has 0 aliphatic heterocycles. The van der Waals surface area contributed by atoms with Gasteiger partial charge in [-0.3, -0.25) is 14.3 Å². The number of amides is 1. The number of aryl methyl sites for hydroxylation is 3. The van der Waals surface area contributed by atoms with Gasteiger partial charge in [-0.2, -0.15) is 4.98 Å². The Kier molecular flexibility index (Phi) is 4.26. The lowest BCUT2D eigenvalue weighted by Crippen LogP contribution is -2.27. The second-order valence-corrected chi connectivity index (χ2v) is 7.27. The van der Waals surface area contributed by atoms with Gasteiger partial charge in [0.1, 0.15) is 6.04 Å². The van der Waals surface area contributed by atoms with Gasteiger partial charge < -0.3 is 5.32 Å². The van der Waals surface area contributed by atoms with Crippen LogP contribution in [0, 0.1) is 20.8 Å². The highest BCUT2D eigenvalue weighted by Crippen LogP contribution is 2.26. The van der Waals surface area contributed by atoms with Gasteiger partial charge in [0.15, 0.2) is 5.65 Å². The second-order valence-electron chi connectivity index (χ2n) is 7.27. The predicted octanol–water partition coefficient (Wildman–Crippen LogP) is 3.77. The van der Waals surface area contributed by atoms with E-state index >= 15 is 0 Å². The summed E-state index contributed by atoms with van der Waals surface area (Å²) in [6, 6.07) is 14.6. The molecule has 6 heteroatoms. The number of anilines is 1. The highest BCUT2D eigenvalue weighted by atomic mass is 16.2. The Morgan fingerprint density at radius 2 is 1.71 bits per heavy atom. The van der Waals surface area contributed by atoms with Gasteiger partial charge in [-0.15, -0.1) is 0 Å². The van der Waals surface area contributed by atoms with E-state index in [0.717, 1.165) is 33.4 Å². The average molecular weight is 374 g/mol. The molecule has 1 amide bonds. The number of fused-ring (bicyclic) bond motifs is 3. The minimum absolute atomic E-state index is 0.134. The van der Waals surface area contributed by atoms with Crippen LogP contribution in [0.5, 0.6) is 0 Å². The number of hydrogen-bond donors (Lipinski definition) is 1. The molecule has 28 heavy (non-hydrogen) atoms. The van der Waals surface area contributed by atoms with Crippen molar-refractivity contribution in [2.75, 3.05) is 5.32 Å². The molecule has 0 saturated heterocycles. The molecule has 0 fully saturated rings. The maximum atomic E-state index is 13.1. The molecule has 1 atom stereocenters. The number of benzene rings is 2. The smallest absolute Gasteiger partial charge is 0.273 e. The Morgan fingerprint density at radius 3 is 2.43 bits per heavy atom. The normalized spacial score (nSPS) is 12.4. The monoisotopic (exact) mass is 374 g/mol. The average Bonchev–Trinajstić information content (AvgIpc) is 2.95. The Bertz CT molecular complexity index is 1260. The highest BCUT2D eigenvalue weighted by Gasteiger charge is 2.22. The SMILES string of the molecule is Cc1cc(C)cc(NC(=O)[C@@H](C)n2c3ccccc3c3nc(=O)cc(C)n32)c1. The van der Waals surface area contributed by atoms with Gasteiger partial charge in [0.2, 0.25) is 5.91 Å². The molecule has 4 rings (SSSR count). The molecule has 2 aromatic carbocycles. The standard InChI is InChI=1S/C22H22N4O2/c1-13-9-14(2)11-17(10-13)23-22(28)16(4)26-19-8-6-5-7-18(19)21-24-20(27)12-15(3)25(21)26/h5-12,16H,1-4H3,(H,23,28)/t16-/m1/s1. The highest BCUT2D eigenvalue weighted by molar-refractivity contribution is 5.97. The van der Waals surface area contributed by atoms with Gasteiger partial charge in [-0.25, -0.2) is 4.52 Å². The Labute approximate surface area is 162 Å². The molecule has 2 heterocycles. The van der Waals surface area contributed by atoms with Crippen molar-refractivity contribution in [3.63, 3.8) is 0 Å². The second kappa shape index (κ2) is 6.64. The fourth-order valence-corrected chi connectivity index (χ4v) is 3.79. The van der Waals surface area contributed by atoms with Crippen molar-refractivity contribution < 1.29 is 4.79 Å². The molecule has 0 aliphatic carbocycles. The fraction of sp³-hybridized carbons (Fsp3) is 0.227. The predicted molar refractivity (Wildman–Crippen MR) is 111 cm³/mol. The van der Waals surface area contributed by atoms with Crippen LogP contribution in [0.15, 0.2) is 53.3 Å². The zero-order valence-corrected chi connectivity index (χ0v) is 16.4. The van der Waals surface area contributed by atoms with Crippen LogP contribution in [0.2, 0.25) is 0 Å². The van der Waals surface area contributed by atoms with Gasteiger partial charge in [-0.05, 0) is 63.1 Å². The van der Waals surface area contributed by atoms with Crippen molar-refractivity contribution in [2.45, 2.75) is 33.7 Å². The van der Waals surface area contributed by atoms with Crippen LogP contribution >= 0.6 is 0 Å². The number of nitrogens with one attached hydrogen (secondary N) is 1. The summed E-state index contributed by atoms with van der Waals surface area (Å²) in [7, 11) is 0. The summed E-state index contributed by atoms with van der Waals surface area (Å²) in [6.07, 6.45) is 0. The number of hydrogen-bond acceptors (Lipinski definition) is 3. The molecule has 0 aliphatic rings. The van der Waals surface area contributed by atoms with Crippen molar-refractivity contribution in [1.82, 2.24) is 14.2 Å². The lowest BCUT2D eigenvalue weighted by atomic mass is 10.1. The first kappa shape index (κ1) is 18.0. The summed E-state index contributed by atoms with van der Waals surface area (Å²) in [6.45, 7) is 7.70. The molecule has 142 valence electrons. The molecule has 0 bridgehead atoms. The summed E-state index contributed by atoms with van der Waals surface area (Å²) in [5, 5.41) is 3.86. The molecule has 6 nitrogen and oxygen atoms in total. The lowest BCUT2D eigenvalue weighted by molar-refractivity contribution is -0.119. The number of para-hydroxylation sites is 1. The molecule has 4 aromatic rings. The van der Waals surface area contributed by atoms with Gasteiger partial charge in [0.25, 0.3) is 5.56 Å². The number of nitrogens with zero attached hydrogens (tertiary/aromatic N) is 3. The van der Waals surface area contributed by atoms with Gasteiger partial charge in [0.05, 0.1) is 5.52 Å². The number of aromatic nitrogens is 3. The van der Waals surface area contributed by atoms with E-state index in [1.54, 1.807) is 0 Å². The first-order valence-electron chi connectivity index (χ1n) is 9.24. The lowest BCUT2D eigenvalue weighted by Gasteiger charge is -2.18. The van der Waals surface area contributed by atoms with E-state index in [1.165, 1.54) is 6.07 Å². The summed E-state index contributed by atoms with van der Waals surface area (Å²) in [5.74, 6) is -0.134. The summed E-state index contributed by atoms with van der Waals surface area (Å²) < 4.78 is 3.74. The first-order valence-corrected chi connectivity index (χ1v) is 9.24. The van der Waals surface area contributed by atoms with Crippen molar-refractivity contribution in [1.29, 1.82) is 0 Å². The molecule has 0 saturated carbocycles. The van der Waals surface area contributed by atoms with Crippen molar-refractivity contribution >= 4 is 28.1 Å². The van der Waals surface area contributed by atoms with Gasteiger partial charge in [-0.1, -0.05) is 18.2 Å². The van der Waals surface area contributed by atoms with E-state index < -0.39 is 6.04 Å². The minimum Gasteiger partial charge on any atom is -0.324 e. The maximum Gasteiger partial charge on any atom is 0.273 e. The first-order chi connectivity index (χ1) is 13.3. The van der Waals surface area contributed by atoms with E-state index in [1.807, 2.05) is 73.3 Å². The molecule has 2 aromatic heterocycles. The zero-order valence-electron chi connectivity index (χ0n) is 16.4. The Morgan fingerprint density at radius 1 is 1.04 bits per heavy atom. The zero-order chi connectivity index (χ0) is 20.0. The fourth-order valence-electron chi connectivity index (χ4n) is 3.79. The van der Waals surface area contributed by atoms with E-state index in [-0.39, 0.29) is 11.5 Å². The summed E-state index contributed by atoms with van der Waals surface area (Å²) in [5.41, 5.74) is 4.83. The topological polar surface area (TPSA) is 68.4 Å². The van der Waals surface area contributed by atoms with Crippen LogP contribution < -0.4 is 10.9 Å². The van der Waals surface area contributed by atoms with Crippen molar-refractivity contribution in [3.05, 3.63) is 75.7 Å². The Balaban J connectivity index is 1.85. The number of rotatable bonds is 3. The Hall–Kier alpha value is -3.41. The molecule has 0 spiro atoms. The summed E-state index contributed by atoms with van der Waals surface area (Å²) in [4.78, 5) is 29.2. The molecule has 1 N–H and O–H groups in total. The third kappa shape index (κ3) is 2.97.